The number of rotatable bonds is 8. The van der Waals surface area contributed by atoms with Gasteiger partial charge in [0.2, 0.25) is 15.9 Å². The molecule has 0 radical (unpaired) electrons. The second kappa shape index (κ2) is 10.4. The first-order valence-corrected chi connectivity index (χ1v) is 14.0. The largest absolute Gasteiger partial charge is 0.344 e. The van der Waals surface area contributed by atoms with Crippen LogP contribution in [0.15, 0.2) is 17.5 Å². The molecule has 0 saturated carbocycles. The number of carbonyl (C=O) groups excluding carboxylic acids is 3. The number of nitrogens with zero attached hydrogens (tertiary/aromatic N) is 1. The first-order chi connectivity index (χ1) is 15.1. The fraction of sp³-hybridized carbons (Fsp3) is 0.571. The number of Topliss-reactive ketones (excluding diaryl/α,β-unsaturated/α-hetero) is 1. The molecule has 2 atom stereocenters. The second-order valence-corrected chi connectivity index (χ2v) is 12.6. The van der Waals surface area contributed by atoms with Gasteiger partial charge in [0, 0.05) is 15.9 Å². The highest BCUT2D eigenvalue weighted by Crippen LogP contribution is 2.30. The van der Waals surface area contributed by atoms with E-state index in [1.54, 1.807) is 18.3 Å². The average Bonchev–Trinajstić information content (AvgIpc) is 3.28. The molecule has 2 aromatic rings. The molecule has 0 spiro atoms. The molecule has 1 aliphatic rings. The molecule has 11 heteroatoms. The van der Waals surface area contributed by atoms with E-state index in [1.165, 1.54) is 15.6 Å². The van der Waals surface area contributed by atoms with Gasteiger partial charge in [-0.25, -0.2) is 8.42 Å². The van der Waals surface area contributed by atoms with E-state index in [-0.39, 0.29) is 36.5 Å². The summed E-state index contributed by atoms with van der Waals surface area (Å²) in [6, 6.07) is 2.23. The van der Waals surface area contributed by atoms with Crippen molar-refractivity contribution in [2.75, 3.05) is 18.8 Å². The highest BCUT2D eigenvalue weighted by atomic mass is 32.2. The zero-order valence-electron chi connectivity index (χ0n) is 18.4. The van der Waals surface area contributed by atoms with Crippen LogP contribution in [0.3, 0.4) is 0 Å². The predicted molar refractivity (Wildman–Crippen MR) is 128 cm³/mol. The molecule has 2 amide bonds. The molecule has 32 heavy (non-hydrogen) atoms. The molecule has 3 heterocycles. The smallest absolute Gasteiger partial charge is 0.262 e. The minimum Gasteiger partial charge on any atom is -0.344 e. The molecule has 1 fully saturated rings. The number of fused-ring (bicyclic) bond motifs is 1. The maximum atomic E-state index is 13.0. The van der Waals surface area contributed by atoms with Gasteiger partial charge in [0.25, 0.3) is 5.91 Å². The standard InChI is InChI=1S/C21H29N3O5S3/c1-4-32(28,29)24-8-5-6-14(16(25)12-24)22-20(26)15(10-13(2)3)23-21(27)19-11-18-17(31-19)7-9-30-18/h7,9,11,13-15H,4-6,8,10,12H2,1-3H3,(H,22,26)(H,23,27)/t14-,15?/m0/s1. The van der Waals surface area contributed by atoms with Crippen LogP contribution in [0.5, 0.6) is 0 Å². The summed E-state index contributed by atoms with van der Waals surface area (Å²) in [4.78, 5) is 39.0. The Bertz CT molecular complexity index is 1060. The highest BCUT2D eigenvalue weighted by molar-refractivity contribution is 7.89. The number of hydrogen-bond donors (Lipinski definition) is 2. The minimum absolute atomic E-state index is 0.0692. The van der Waals surface area contributed by atoms with Crippen LogP contribution in [0.1, 0.15) is 49.7 Å². The molecule has 0 bridgehead atoms. The van der Waals surface area contributed by atoms with Gasteiger partial charge in [-0.2, -0.15) is 4.31 Å². The van der Waals surface area contributed by atoms with Gasteiger partial charge in [0.1, 0.15) is 6.04 Å². The predicted octanol–water partition coefficient (Wildman–Crippen LogP) is 2.61. The van der Waals surface area contributed by atoms with E-state index in [2.05, 4.69) is 10.6 Å². The Morgan fingerprint density at radius 1 is 1.28 bits per heavy atom. The monoisotopic (exact) mass is 499 g/mol. The van der Waals surface area contributed by atoms with Crippen molar-refractivity contribution >= 4 is 59.7 Å². The highest BCUT2D eigenvalue weighted by Gasteiger charge is 2.33. The third kappa shape index (κ3) is 5.94. The normalized spacial score (nSPS) is 19.1. The van der Waals surface area contributed by atoms with E-state index in [4.69, 9.17) is 0 Å². The van der Waals surface area contributed by atoms with Crippen LogP contribution in [0.2, 0.25) is 0 Å². The van der Waals surface area contributed by atoms with Crippen molar-refractivity contribution in [1.82, 2.24) is 14.9 Å². The molecule has 1 aliphatic heterocycles. The summed E-state index contributed by atoms with van der Waals surface area (Å²) in [6.07, 6.45) is 1.27. The summed E-state index contributed by atoms with van der Waals surface area (Å²) in [6.45, 7) is 5.47. The van der Waals surface area contributed by atoms with Crippen LogP contribution in [-0.2, 0) is 19.6 Å². The molecule has 0 aliphatic carbocycles. The molecule has 1 saturated heterocycles. The Balaban J connectivity index is 1.68. The lowest BCUT2D eigenvalue weighted by atomic mass is 10.0. The maximum absolute atomic E-state index is 13.0. The number of ketones is 1. The van der Waals surface area contributed by atoms with Crippen molar-refractivity contribution in [3.05, 3.63) is 22.4 Å². The summed E-state index contributed by atoms with van der Waals surface area (Å²) in [5.74, 6) is -0.990. The number of nitrogens with one attached hydrogen (secondary N) is 2. The Labute approximate surface area is 196 Å². The van der Waals surface area contributed by atoms with Crippen LogP contribution in [0.4, 0.5) is 0 Å². The van der Waals surface area contributed by atoms with Gasteiger partial charge < -0.3 is 10.6 Å². The summed E-state index contributed by atoms with van der Waals surface area (Å²) < 4.78 is 27.6. The van der Waals surface area contributed by atoms with Gasteiger partial charge in [-0.05, 0) is 49.6 Å². The zero-order valence-corrected chi connectivity index (χ0v) is 20.9. The Hall–Kier alpha value is -1.82. The summed E-state index contributed by atoms with van der Waals surface area (Å²) in [7, 11) is -3.47. The van der Waals surface area contributed by atoms with Gasteiger partial charge in [-0.15, -0.1) is 22.7 Å². The van der Waals surface area contributed by atoms with Crippen molar-refractivity contribution in [3.63, 3.8) is 0 Å². The zero-order chi connectivity index (χ0) is 23.5. The molecule has 8 nitrogen and oxygen atoms in total. The van der Waals surface area contributed by atoms with Gasteiger partial charge in [-0.1, -0.05) is 13.8 Å². The quantitative estimate of drug-likeness (QED) is 0.580. The molecular weight excluding hydrogens is 470 g/mol. The topological polar surface area (TPSA) is 113 Å². The van der Waals surface area contributed by atoms with Crippen LogP contribution in [0, 0.1) is 5.92 Å². The summed E-state index contributed by atoms with van der Waals surface area (Å²) in [5, 5.41) is 7.55. The van der Waals surface area contributed by atoms with Gasteiger partial charge in [0.05, 0.1) is 23.2 Å². The van der Waals surface area contributed by atoms with Crippen molar-refractivity contribution in [1.29, 1.82) is 0 Å². The number of sulfonamides is 1. The van der Waals surface area contributed by atoms with E-state index in [1.807, 2.05) is 31.4 Å². The Morgan fingerprint density at radius 2 is 2.03 bits per heavy atom. The van der Waals surface area contributed by atoms with Crippen molar-refractivity contribution in [3.8, 4) is 0 Å². The Kier molecular flexibility index (Phi) is 8.07. The molecule has 0 aromatic carbocycles. The van der Waals surface area contributed by atoms with Gasteiger partial charge in [0.15, 0.2) is 5.78 Å². The lowest BCUT2D eigenvalue weighted by molar-refractivity contribution is -0.129. The molecule has 176 valence electrons. The van der Waals surface area contributed by atoms with Gasteiger partial charge in [-0.3, -0.25) is 14.4 Å². The van der Waals surface area contributed by atoms with Crippen LogP contribution in [0.25, 0.3) is 9.40 Å². The van der Waals surface area contributed by atoms with E-state index >= 15 is 0 Å². The van der Waals surface area contributed by atoms with Gasteiger partial charge >= 0.3 is 0 Å². The fourth-order valence-electron chi connectivity index (χ4n) is 3.65. The first-order valence-electron chi connectivity index (χ1n) is 10.7. The van der Waals surface area contributed by atoms with E-state index in [9.17, 15) is 22.8 Å². The van der Waals surface area contributed by atoms with E-state index < -0.39 is 28.0 Å². The summed E-state index contributed by atoms with van der Waals surface area (Å²) in [5.41, 5.74) is 0. The van der Waals surface area contributed by atoms with Crippen molar-refractivity contribution in [2.24, 2.45) is 5.92 Å². The van der Waals surface area contributed by atoms with E-state index in [0.29, 0.717) is 24.1 Å². The maximum Gasteiger partial charge on any atom is 0.262 e. The summed E-state index contributed by atoms with van der Waals surface area (Å²) >= 11 is 2.94. The minimum atomic E-state index is -3.47. The Morgan fingerprint density at radius 3 is 2.69 bits per heavy atom. The van der Waals surface area contributed by atoms with Crippen LogP contribution in [-0.4, -0.2) is 61.2 Å². The fourth-order valence-corrected chi connectivity index (χ4v) is 6.76. The molecule has 1 unspecified atom stereocenters. The number of carbonyl (C=O) groups is 3. The molecule has 2 N–H and O–H groups in total. The molecule has 2 aromatic heterocycles. The molecule has 3 rings (SSSR count). The average molecular weight is 500 g/mol. The third-order valence-corrected chi connectivity index (χ3v) is 9.31. The van der Waals surface area contributed by atoms with Crippen LogP contribution >= 0.6 is 22.7 Å². The first kappa shape index (κ1) is 24.8. The lowest BCUT2D eigenvalue weighted by Gasteiger charge is -2.23. The number of thiophene rings is 2. The van der Waals surface area contributed by atoms with Crippen LogP contribution < -0.4 is 10.6 Å². The SMILES string of the molecule is CCS(=O)(=O)N1CCC[C@H](NC(=O)C(CC(C)C)NC(=O)c2cc3sccc3s2)C(=O)C1. The number of amides is 2. The van der Waals surface area contributed by atoms with Crippen molar-refractivity contribution in [2.45, 2.75) is 52.1 Å². The lowest BCUT2D eigenvalue weighted by Crippen LogP contribution is -2.52. The number of hydrogen-bond acceptors (Lipinski definition) is 7. The molecular formula is C21H29N3O5S3. The second-order valence-electron chi connectivity index (χ2n) is 8.32. The third-order valence-electron chi connectivity index (χ3n) is 5.39. The van der Waals surface area contributed by atoms with Crippen molar-refractivity contribution < 1.29 is 22.8 Å². The van der Waals surface area contributed by atoms with E-state index in [0.717, 1.165) is 9.40 Å².